The lowest BCUT2D eigenvalue weighted by atomic mass is 10.1. The Morgan fingerprint density at radius 3 is 2.83 bits per heavy atom. The van der Waals surface area contributed by atoms with E-state index in [0.717, 1.165) is 30.3 Å². The molecule has 0 radical (unpaired) electrons. The number of nitrogens with zero attached hydrogens (tertiary/aromatic N) is 2. The number of para-hydroxylation sites is 2. The summed E-state index contributed by atoms with van der Waals surface area (Å²) in [6.07, 6.45) is 2.76. The monoisotopic (exact) mass is 412 g/mol. The van der Waals surface area contributed by atoms with E-state index in [4.69, 9.17) is 0 Å². The van der Waals surface area contributed by atoms with E-state index in [9.17, 15) is 13.2 Å². The summed E-state index contributed by atoms with van der Waals surface area (Å²) in [5.41, 5.74) is 2.05. The van der Waals surface area contributed by atoms with E-state index in [1.54, 1.807) is 22.5 Å². The molecule has 1 fully saturated rings. The fourth-order valence-electron chi connectivity index (χ4n) is 3.72. The molecule has 8 heteroatoms. The van der Waals surface area contributed by atoms with Crippen molar-refractivity contribution in [3.63, 3.8) is 0 Å². The summed E-state index contributed by atoms with van der Waals surface area (Å²) in [6.45, 7) is 2.68. The zero-order valence-corrected chi connectivity index (χ0v) is 17.1. The van der Waals surface area contributed by atoms with Crippen LogP contribution >= 0.6 is 0 Å². The molecule has 3 aromatic rings. The van der Waals surface area contributed by atoms with Gasteiger partial charge in [0.1, 0.15) is 5.82 Å². The zero-order valence-electron chi connectivity index (χ0n) is 16.3. The van der Waals surface area contributed by atoms with E-state index < -0.39 is 10.0 Å². The number of fused-ring (bicyclic) bond motifs is 1. The molecule has 1 aliphatic rings. The van der Waals surface area contributed by atoms with E-state index in [2.05, 4.69) is 15.3 Å². The molecule has 0 spiro atoms. The Hall–Kier alpha value is -2.71. The Morgan fingerprint density at radius 2 is 2.03 bits per heavy atom. The average Bonchev–Trinajstić information content (AvgIpc) is 3.15. The number of aromatic nitrogens is 2. The van der Waals surface area contributed by atoms with Crippen LogP contribution in [0.5, 0.6) is 0 Å². The van der Waals surface area contributed by atoms with Crippen LogP contribution < -0.4 is 5.32 Å². The molecule has 2 aromatic carbocycles. The molecule has 0 aliphatic carbocycles. The maximum atomic E-state index is 13.0. The van der Waals surface area contributed by atoms with Gasteiger partial charge in [-0.15, -0.1) is 0 Å². The molecule has 1 amide bonds. The molecule has 7 nitrogen and oxygen atoms in total. The third-order valence-corrected chi connectivity index (χ3v) is 7.31. The highest BCUT2D eigenvalue weighted by atomic mass is 32.2. The Labute approximate surface area is 170 Å². The number of H-pyrrole nitrogens is 1. The molecular weight excluding hydrogens is 388 g/mol. The van der Waals surface area contributed by atoms with Gasteiger partial charge in [0.2, 0.25) is 10.0 Å². The summed E-state index contributed by atoms with van der Waals surface area (Å²) >= 11 is 0. The second-order valence-corrected chi connectivity index (χ2v) is 9.26. The molecule has 4 rings (SSSR count). The minimum absolute atomic E-state index is 0.0284. The van der Waals surface area contributed by atoms with Gasteiger partial charge >= 0.3 is 0 Å². The maximum Gasteiger partial charge on any atom is 0.251 e. The van der Waals surface area contributed by atoms with Crippen LogP contribution in [-0.2, 0) is 16.6 Å². The smallest absolute Gasteiger partial charge is 0.251 e. The fraction of sp³-hybridized carbons (Fsp3) is 0.333. The molecule has 1 aromatic heterocycles. The molecule has 152 valence electrons. The van der Waals surface area contributed by atoms with Gasteiger partial charge in [0.25, 0.3) is 5.91 Å². The first kappa shape index (κ1) is 19.6. The number of aromatic amines is 1. The third kappa shape index (κ3) is 4.04. The fourth-order valence-corrected chi connectivity index (χ4v) is 5.46. The number of sulfonamides is 1. The number of amides is 1. The molecule has 2 heterocycles. The van der Waals surface area contributed by atoms with Crippen molar-refractivity contribution in [2.24, 2.45) is 0 Å². The lowest BCUT2D eigenvalue weighted by molar-refractivity contribution is 0.0949. The SMILES string of the molecule is CC1CCCCN1S(=O)(=O)c1cccc(C(=O)NCc2nc3ccccc3[nH]2)c1. The van der Waals surface area contributed by atoms with Crippen LogP contribution in [-0.4, -0.2) is 41.2 Å². The predicted octanol–water partition coefficient (Wildman–Crippen LogP) is 3.06. The van der Waals surface area contributed by atoms with Crippen molar-refractivity contribution < 1.29 is 13.2 Å². The Morgan fingerprint density at radius 1 is 1.21 bits per heavy atom. The van der Waals surface area contributed by atoms with Crippen molar-refractivity contribution in [3.8, 4) is 0 Å². The van der Waals surface area contributed by atoms with Crippen LogP contribution in [0.2, 0.25) is 0 Å². The second kappa shape index (κ2) is 7.96. The van der Waals surface area contributed by atoms with Crippen molar-refractivity contribution in [3.05, 3.63) is 59.9 Å². The molecule has 1 saturated heterocycles. The summed E-state index contributed by atoms with van der Waals surface area (Å²) in [7, 11) is -3.62. The summed E-state index contributed by atoms with van der Waals surface area (Å²) < 4.78 is 27.6. The summed E-state index contributed by atoms with van der Waals surface area (Å²) in [4.78, 5) is 20.3. The minimum Gasteiger partial charge on any atom is -0.345 e. The first-order valence-electron chi connectivity index (χ1n) is 9.79. The number of benzene rings is 2. The van der Waals surface area contributed by atoms with Gasteiger partial charge in [0.05, 0.1) is 22.5 Å². The molecule has 1 atom stereocenters. The Balaban J connectivity index is 1.49. The van der Waals surface area contributed by atoms with Gasteiger partial charge in [-0.05, 0) is 50.1 Å². The molecule has 2 N–H and O–H groups in total. The number of hydrogen-bond acceptors (Lipinski definition) is 4. The molecule has 29 heavy (non-hydrogen) atoms. The minimum atomic E-state index is -3.62. The first-order chi connectivity index (χ1) is 13.9. The lowest BCUT2D eigenvalue weighted by Gasteiger charge is -2.32. The number of imidazole rings is 1. The summed E-state index contributed by atoms with van der Waals surface area (Å²) in [5, 5.41) is 2.80. The van der Waals surface area contributed by atoms with Crippen molar-refractivity contribution in [2.75, 3.05) is 6.54 Å². The van der Waals surface area contributed by atoms with Crippen LogP contribution in [0.15, 0.2) is 53.4 Å². The van der Waals surface area contributed by atoms with Crippen LogP contribution in [0.3, 0.4) is 0 Å². The lowest BCUT2D eigenvalue weighted by Crippen LogP contribution is -2.42. The number of rotatable bonds is 5. The van der Waals surface area contributed by atoms with Crippen LogP contribution in [0.4, 0.5) is 0 Å². The van der Waals surface area contributed by atoms with Gasteiger partial charge in [0, 0.05) is 18.2 Å². The molecule has 0 bridgehead atoms. The second-order valence-electron chi connectivity index (χ2n) is 7.37. The van der Waals surface area contributed by atoms with E-state index in [1.807, 2.05) is 31.2 Å². The van der Waals surface area contributed by atoms with Crippen LogP contribution in [0.25, 0.3) is 11.0 Å². The Kier molecular flexibility index (Phi) is 5.38. The normalized spacial score (nSPS) is 18.0. The van der Waals surface area contributed by atoms with E-state index in [1.165, 1.54) is 6.07 Å². The van der Waals surface area contributed by atoms with Gasteiger partial charge in [0.15, 0.2) is 0 Å². The summed E-state index contributed by atoms with van der Waals surface area (Å²) in [5.74, 6) is 0.305. The number of piperidine rings is 1. The zero-order chi connectivity index (χ0) is 20.4. The highest BCUT2D eigenvalue weighted by Crippen LogP contribution is 2.25. The summed E-state index contributed by atoms with van der Waals surface area (Å²) in [6, 6.07) is 13.8. The Bertz CT molecular complexity index is 1110. The number of carbonyl (C=O) groups is 1. The van der Waals surface area contributed by atoms with Crippen LogP contribution in [0.1, 0.15) is 42.4 Å². The number of nitrogens with one attached hydrogen (secondary N) is 2. The number of hydrogen-bond donors (Lipinski definition) is 2. The van der Waals surface area contributed by atoms with Gasteiger partial charge in [-0.1, -0.05) is 24.6 Å². The first-order valence-corrected chi connectivity index (χ1v) is 11.2. The van der Waals surface area contributed by atoms with Crippen molar-refractivity contribution in [2.45, 2.75) is 43.7 Å². The van der Waals surface area contributed by atoms with Crippen molar-refractivity contribution in [1.29, 1.82) is 0 Å². The highest BCUT2D eigenvalue weighted by molar-refractivity contribution is 7.89. The molecule has 1 aliphatic heterocycles. The van der Waals surface area contributed by atoms with Crippen molar-refractivity contribution >= 4 is 27.0 Å². The molecular formula is C21H24N4O3S. The molecule has 0 saturated carbocycles. The highest BCUT2D eigenvalue weighted by Gasteiger charge is 2.31. The molecule has 1 unspecified atom stereocenters. The van der Waals surface area contributed by atoms with E-state index in [-0.39, 0.29) is 23.4 Å². The van der Waals surface area contributed by atoms with Gasteiger partial charge in [-0.25, -0.2) is 13.4 Å². The van der Waals surface area contributed by atoms with Gasteiger partial charge in [-0.3, -0.25) is 4.79 Å². The number of carbonyl (C=O) groups excluding carboxylic acids is 1. The third-order valence-electron chi connectivity index (χ3n) is 5.30. The van der Waals surface area contributed by atoms with Crippen molar-refractivity contribution in [1.82, 2.24) is 19.6 Å². The largest absolute Gasteiger partial charge is 0.345 e. The predicted molar refractivity (Wildman–Crippen MR) is 111 cm³/mol. The average molecular weight is 413 g/mol. The maximum absolute atomic E-state index is 13.0. The van der Waals surface area contributed by atoms with E-state index >= 15 is 0 Å². The standard InChI is InChI=1S/C21H24N4O3S/c1-15-7-4-5-12-25(15)29(27,28)17-9-6-8-16(13-17)21(26)22-14-20-23-18-10-2-3-11-19(18)24-20/h2-3,6,8-11,13,15H,4-5,7,12,14H2,1H3,(H,22,26)(H,23,24). The van der Waals surface area contributed by atoms with Gasteiger partial charge in [-0.2, -0.15) is 4.31 Å². The topological polar surface area (TPSA) is 95.2 Å². The van der Waals surface area contributed by atoms with Crippen LogP contribution in [0, 0.1) is 0 Å². The quantitative estimate of drug-likeness (QED) is 0.673. The van der Waals surface area contributed by atoms with Gasteiger partial charge < -0.3 is 10.3 Å². The van der Waals surface area contributed by atoms with E-state index in [0.29, 0.717) is 17.9 Å².